The molecular weight excluding hydrogens is 368 g/mol. The molecule has 0 radical (unpaired) electrons. The SMILES string of the molecule is CC(=O)c1c(C)sc(C)c1C1c2ccccc2CC1O[Si](C)(C)C(C)(C)C. The van der Waals surface area contributed by atoms with Gasteiger partial charge in [-0.05, 0) is 62.0 Å². The van der Waals surface area contributed by atoms with Crippen molar-refractivity contribution in [3.63, 3.8) is 0 Å². The molecule has 3 rings (SSSR count). The second-order valence-electron chi connectivity index (χ2n) is 9.36. The minimum atomic E-state index is -1.92. The van der Waals surface area contributed by atoms with Gasteiger partial charge in [-0.2, -0.15) is 0 Å². The maximum Gasteiger partial charge on any atom is 0.192 e. The van der Waals surface area contributed by atoms with E-state index in [-0.39, 0.29) is 22.8 Å². The number of carbonyl (C=O) groups is 1. The van der Waals surface area contributed by atoms with Gasteiger partial charge in [0.1, 0.15) is 0 Å². The summed E-state index contributed by atoms with van der Waals surface area (Å²) in [6.07, 6.45) is 1.04. The molecule has 1 aromatic carbocycles. The third kappa shape index (κ3) is 3.59. The molecule has 27 heavy (non-hydrogen) atoms. The van der Waals surface area contributed by atoms with Gasteiger partial charge in [0.25, 0.3) is 0 Å². The maximum absolute atomic E-state index is 12.5. The second kappa shape index (κ2) is 6.98. The highest BCUT2D eigenvalue weighted by atomic mass is 32.1. The number of carbonyl (C=O) groups excluding carboxylic acids is 1. The number of hydrogen-bond donors (Lipinski definition) is 0. The number of thiophene rings is 1. The van der Waals surface area contributed by atoms with Crippen LogP contribution in [0.25, 0.3) is 0 Å². The van der Waals surface area contributed by atoms with Crippen LogP contribution in [0.1, 0.15) is 70.4 Å². The van der Waals surface area contributed by atoms with E-state index >= 15 is 0 Å². The first-order valence-electron chi connectivity index (χ1n) is 9.80. The second-order valence-corrected chi connectivity index (χ2v) is 15.5. The van der Waals surface area contributed by atoms with Crippen LogP contribution >= 0.6 is 11.3 Å². The quantitative estimate of drug-likeness (QED) is 0.424. The lowest BCUT2D eigenvalue weighted by Gasteiger charge is -2.40. The highest BCUT2D eigenvalue weighted by molar-refractivity contribution is 7.12. The Morgan fingerprint density at radius 3 is 2.37 bits per heavy atom. The van der Waals surface area contributed by atoms with E-state index < -0.39 is 8.32 Å². The van der Waals surface area contributed by atoms with E-state index in [0.29, 0.717) is 0 Å². The van der Waals surface area contributed by atoms with Gasteiger partial charge in [-0.3, -0.25) is 4.79 Å². The molecule has 2 unspecified atom stereocenters. The summed E-state index contributed by atoms with van der Waals surface area (Å²) in [5.41, 5.74) is 4.83. The molecule has 0 saturated heterocycles. The standard InChI is InChI=1S/C23H32O2SSi/c1-14(24)20-15(2)26-16(3)21(20)22-18-12-10-9-11-17(18)13-19(22)25-27(7,8)23(4,5)6/h9-12,19,22H,13H2,1-8H3. The number of benzene rings is 1. The van der Waals surface area contributed by atoms with Crippen molar-refractivity contribution < 1.29 is 9.22 Å². The minimum absolute atomic E-state index is 0.106. The lowest BCUT2D eigenvalue weighted by Crippen LogP contribution is -2.45. The van der Waals surface area contributed by atoms with Gasteiger partial charge in [-0.15, -0.1) is 11.3 Å². The zero-order chi connectivity index (χ0) is 20.1. The molecule has 0 saturated carbocycles. The topological polar surface area (TPSA) is 26.3 Å². The first-order valence-corrected chi connectivity index (χ1v) is 13.5. The van der Waals surface area contributed by atoms with Crippen molar-refractivity contribution >= 4 is 25.4 Å². The number of Topliss-reactive ketones (excluding diaryl/α,β-unsaturated/α-hetero) is 1. The Balaban J connectivity index is 2.14. The van der Waals surface area contributed by atoms with Crippen LogP contribution in [-0.4, -0.2) is 20.2 Å². The molecule has 0 bridgehead atoms. The number of fused-ring (bicyclic) bond motifs is 1. The normalized spacial score (nSPS) is 20.0. The van der Waals surface area contributed by atoms with E-state index in [1.54, 1.807) is 18.3 Å². The molecule has 2 aromatic rings. The molecule has 4 heteroatoms. The van der Waals surface area contributed by atoms with Gasteiger partial charge >= 0.3 is 0 Å². The molecule has 0 spiro atoms. The molecule has 2 atom stereocenters. The fraction of sp³-hybridized carbons (Fsp3) is 0.522. The van der Waals surface area contributed by atoms with E-state index in [0.717, 1.165) is 16.9 Å². The molecule has 0 N–H and O–H groups in total. The fourth-order valence-corrected chi connectivity index (χ4v) is 6.56. The van der Waals surface area contributed by atoms with Gasteiger partial charge in [0, 0.05) is 21.2 Å². The molecule has 1 aliphatic rings. The zero-order valence-electron chi connectivity index (χ0n) is 17.9. The van der Waals surface area contributed by atoms with Crippen molar-refractivity contribution in [2.24, 2.45) is 0 Å². The van der Waals surface area contributed by atoms with E-state index in [2.05, 4.69) is 72.0 Å². The first-order chi connectivity index (χ1) is 12.4. The Morgan fingerprint density at radius 2 is 1.78 bits per heavy atom. The van der Waals surface area contributed by atoms with Crippen LogP contribution in [0.4, 0.5) is 0 Å². The summed E-state index contributed by atoms with van der Waals surface area (Å²) >= 11 is 1.75. The van der Waals surface area contributed by atoms with Crippen LogP contribution in [0, 0.1) is 13.8 Å². The Hall–Kier alpha value is -1.23. The lowest BCUT2D eigenvalue weighted by atomic mass is 9.87. The van der Waals surface area contributed by atoms with Gasteiger partial charge in [0.05, 0.1) is 6.10 Å². The first kappa shape index (κ1) is 20.5. The summed E-state index contributed by atoms with van der Waals surface area (Å²) in [6.45, 7) is 17.4. The zero-order valence-corrected chi connectivity index (χ0v) is 19.7. The predicted molar refractivity (Wildman–Crippen MR) is 118 cm³/mol. The summed E-state index contributed by atoms with van der Waals surface area (Å²) in [5, 5.41) is 0.162. The summed E-state index contributed by atoms with van der Waals surface area (Å²) in [7, 11) is -1.92. The van der Waals surface area contributed by atoms with E-state index in [4.69, 9.17) is 4.43 Å². The number of aryl methyl sites for hydroxylation is 2. The highest BCUT2D eigenvalue weighted by Crippen LogP contribution is 2.48. The average Bonchev–Trinajstić information content (AvgIpc) is 3.01. The predicted octanol–water partition coefficient (Wildman–Crippen LogP) is 6.65. The molecule has 146 valence electrons. The average molecular weight is 401 g/mol. The van der Waals surface area contributed by atoms with Crippen molar-refractivity contribution in [2.75, 3.05) is 0 Å². The van der Waals surface area contributed by atoms with Crippen LogP contribution in [-0.2, 0) is 10.8 Å². The molecule has 2 nitrogen and oxygen atoms in total. The van der Waals surface area contributed by atoms with Crippen LogP contribution in [0.5, 0.6) is 0 Å². The molecule has 1 heterocycles. The van der Waals surface area contributed by atoms with Crippen LogP contribution < -0.4 is 0 Å². The van der Waals surface area contributed by atoms with Crippen LogP contribution in [0.2, 0.25) is 18.1 Å². The number of ketones is 1. The maximum atomic E-state index is 12.5. The largest absolute Gasteiger partial charge is 0.413 e. The van der Waals surface area contributed by atoms with Crippen LogP contribution in [0.15, 0.2) is 24.3 Å². The summed E-state index contributed by atoms with van der Waals surface area (Å²) in [5.74, 6) is 0.321. The van der Waals surface area contributed by atoms with Crippen molar-refractivity contribution in [3.8, 4) is 0 Å². The fourth-order valence-electron chi connectivity index (χ4n) is 4.08. The molecule has 1 aliphatic carbocycles. The Kier molecular flexibility index (Phi) is 5.30. The molecule has 0 amide bonds. The van der Waals surface area contributed by atoms with Crippen molar-refractivity contribution in [1.29, 1.82) is 0 Å². The summed E-state index contributed by atoms with van der Waals surface area (Å²) in [4.78, 5) is 14.9. The van der Waals surface area contributed by atoms with E-state index in [1.165, 1.54) is 21.6 Å². The van der Waals surface area contributed by atoms with Crippen LogP contribution in [0.3, 0.4) is 0 Å². The van der Waals surface area contributed by atoms with E-state index in [9.17, 15) is 4.79 Å². The summed E-state index contributed by atoms with van der Waals surface area (Å²) < 4.78 is 6.94. The van der Waals surface area contributed by atoms with E-state index in [1.807, 2.05) is 0 Å². The van der Waals surface area contributed by atoms with Gasteiger partial charge in [0.15, 0.2) is 14.1 Å². The highest BCUT2D eigenvalue weighted by Gasteiger charge is 2.45. The van der Waals surface area contributed by atoms with Crippen molar-refractivity contribution in [1.82, 2.24) is 0 Å². The van der Waals surface area contributed by atoms with Crippen molar-refractivity contribution in [3.05, 3.63) is 56.3 Å². The Labute approximate surface area is 169 Å². The molecule has 1 aromatic heterocycles. The smallest absolute Gasteiger partial charge is 0.192 e. The number of rotatable bonds is 4. The van der Waals surface area contributed by atoms with Gasteiger partial charge in [-0.25, -0.2) is 0 Å². The molecule has 0 fully saturated rings. The Morgan fingerprint density at radius 1 is 1.15 bits per heavy atom. The minimum Gasteiger partial charge on any atom is -0.413 e. The monoisotopic (exact) mass is 400 g/mol. The third-order valence-electron chi connectivity index (χ3n) is 6.41. The molecule has 0 aliphatic heterocycles. The van der Waals surface area contributed by atoms with Gasteiger partial charge in [-0.1, -0.05) is 45.0 Å². The van der Waals surface area contributed by atoms with Gasteiger partial charge in [0.2, 0.25) is 0 Å². The lowest BCUT2D eigenvalue weighted by molar-refractivity contribution is 0.101. The van der Waals surface area contributed by atoms with Gasteiger partial charge < -0.3 is 4.43 Å². The molecular formula is C23H32O2SSi. The summed E-state index contributed by atoms with van der Waals surface area (Å²) in [6, 6.07) is 8.68. The number of hydrogen-bond acceptors (Lipinski definition) is 3. The third-order valence-corrected chi connectivity index (χ3v) is 11.9. The van der Waals surface area contributed by atoms with Crippen molar-refractivity contribution in [2.45, 2.75) is 78.1 Å². The Bertz CT molecular complexity index is 873.